The number of piperidine rings is 1. The lowest BCUT2D eigenvalue weighted by molar-refractivity contribution is 0.132. The molecule has 25 heavy (non-hydrogen) atoms. The molecule has 1 aliphatic heterocycles. The average Bonchev–Trinajstić information content (AvgIpc) is 2.63. The van der Waals surface area contributed by atoms with Gasteiger partial charge in [0, 0.05) is 24.5 Å². The Hall–Kier alpha value is -2.18. The summed E-state index contributed by atoms with van der Waals surface area (Å²) < 4.78 is 5.68. The number of ether oxygens (including phenoxy) is 1. The Bertz CT molecular complexity index is 644. The summed E-state index contributed by atoms with van der Waals surface area (Å²) >= 11 is 0. The van der Waals surface area contributed by atoms with Gasteiger partial charge in [0.15, 0.2) is 0 Å². The SMILES string of the molecule is Cl.O/N=C/c1cnc(OCC2CCN(Cc3ccccc3)CC2)nc1. The summed E-state index contributed by atoms with van der Waals surface area (Å²) in [4.78, 5) is 10.7. The summed E-state index contributed by atoms with van der Waals surface area (Å²) in [5.74, 6) is 0.541. The monoisotopic (exact) mass is 362 g/mol. The molecule has 1 N–H and O–H groups in total. The fourth-order valence-electron chi connectivity index (χ4n) is 2.88. The van der Waals surface area contributed by atoms with E-state index in [2.05, 4.69) is 50.4 Å². The van der Waals surface area contributed by atoms with Gasteiger partial charge < -0.3 is 9.94 Å². The third kappa shape index (κ3) is 5.99. The van der Waals surface area contributed by atoms with Crippen LogP contribution in [0.3, 0.4) is 0 Å². The zero-order valence-electron chi connectivity index (χ0n) is 14.0. The Balaban J connectivity index is 0.00000225. The van der Waals surface area contributed by atoms with Gasteiger partial charge in [-0.05, 0) is 37.4 Å². The second kappa shape index (κ2) is 9.96. The Morgan fingerprint density at radius 2 is 1.84 bits per heavy atom. The molecule has 1 aromatic carbocycles. The van der Waals surface area contributed by atoms with Gasteiger partial charge in [0.25, 0.3) is 0 Å². The van der Waals surface area contributed by atoms with E-state index >= 15 is 0 Å². The van der Waals surface area contributed by atoms with Crippen molar-refractivity contribution in [2.45, 2.75) is 19.4 Å². The van der Waals surface area contributed by atoms with Crippen molar-refractivity contribution in [1.82, 2.24) is 14.9 Å². The Morgan fingerprint density at radius 1 is 1.16 bits per heavy atom. The highest BCUT2D eigenvalue weighted by Gasteiger charge is 2.20. The lowest BCUT2D eigenvalue weighted by Gasteiger charge is -2.31. The van der Waals surface area contributed by atoms with E-state index in [-0.39, 0.29) is 12.4 Å². The fraction of sp³-hybridized carbons (Fsp3) is 0.389. The molecular weight excluding hydrogens is 340 g/mol. The molecule has 0 radical (unpaired) electrons. The minimum atomic E-state index is 0. The van der Waals surface area contributed by atoms with Crippen molar-refractivity contribution in [2.75, 3.05) is 19.7 Å². The van der Waals surface area contributed by atoms with Crippen molar-refractivity contribution in [3.8, 4) is 6.01 Å². The molecule has 0 saturated carbocycles. The predicted octanol–water partition coefficient (Wildman–Crippen LogP) is 3.00. The summed E-state index contributed by atoms with van der Waals surface area (Å²) in [5, 5.41) is 11.4. The maximum absolute atomic E-state index is 8.46. The molecule has 0 bridgehead atoms. The highest BCUT2D eigenvalue weighted by atomic mass is 35.5. The summed E-state index contributed by atoms with van der Waals surface area (Å²) in [6.45, 7) is 3.85. The van der Waals surface area contributed by atoms with Crippen LogP contribution in [0.2, 0.25) is 0 Å². The van der Waals surface area contributed by atoms with E-state index < -0.39 is 0 Å². The second-order valence-corrected chi connectivity index (χ2v) is 6.06. The van der Waals surface area contributed by atoms with E-state index in [1.807, 2.05) is 0 Å². The van der Waals surface area contributed by atoms with E-state index in [0.29, 0.717) is 24.1 Å². The van der Waals surface area contributed by atoms with Crippen LogP contribution in [0.1, 0.15) is 24.0 Å². The molecule has 3 rings (SSSR count). The third-order valence-electron chi connectivity index (χ3n) is 4.26. The summed E-state index contributed by atoms with van der Waals surface area (Å²) in [7, 11) is 0. The molecule has 0 atom stereocenters. The lowest BCUT2D eigenvalue weighted by Crippen LogP contribution is -2.35. The molecule has 1 fully saturated rings. The summed E-state index contributed by atoms with van der Waals surface area (Å²) in [5.41, 5.74) is 2.01. The number of oxime groups is 1. The first-order valence-electron chi connectivity index (χ1n) is 8.22. The molecule has 2 heterocycles. The molecule has 2 aromatic rings. The van der Waals surface area contributed by atoms with Crippen LogP contribution in [0.4, 0.5) is 0 Å². The van der Waals surface area contributed by atoms with Crippen LogP contribution < -0.4 is 4.74 Å². The maximum atomic E-state index is 8.46. The molecular formula is C18H23ClN4O2. The number of hydrogen-bond acceptors (Lipinski definition) is 6. The van der Waals surface area contributed by atoms with E-state index in [1.54, 1.807) is 12.4 Å². The third-order valence-corrected chi connectivity index (χ3v) is 4.26. The molecule has 6 nitrogen and oxygen atoms in total. The second-order valence-electron chi connectivity index (χ2n) is 6.06. The molecule has 1 aromatic heterocycles. The van der Waals surface area contributed by atoms with Gasteiger partial charge in [-0.1, -0.05) is 35.5 Å². The standard InChI is InChI=1S/C18H22N4O2.ClH/c23-21-12-17-10-19-18(20-11-17)24-14-16-6-8-22(9-7-16)13-15-4-2-1-3-5-15;/h1-5,10-12,16,23H,6-9,13-14H2;1H/b21-12+;. The van der Waals surface area contributed by atoms with Crippen LogP contribution in [0.5, 0.6) is 6.01 Å². The molecule has 134 valence electrons. The van der Waals surface area contributed by atoms with Crippen LogP contribution in [-0.4, -0.2) is 46.0 Å². The van der Waals surface area contributed by atoms with Gasteiger partial charge in [-0.2, -0.15) is 0 Å². The molecule has 1 aliphatic rings. The van der Waals surface area contributed by atoms with Crippen LogP contribution in [0.25, 0.3) is 0 Å². The van der Waals surface area contributed by atoms with Crippen molar-refractivity contribution in [3.63, 3.8) is 0 Å². The Kier molecular flexibility index (Phi) is 7.63. The number of hydrogen-bond donors (Lipinski definition) is 1. The highest BCUT2D eigenvalue weighted by molar-refractivity contribution is 5.85. The summed E-state index contributed by atoms with van der Waals surface area (Å²) in [6.07, 6.45) is 6.69. The van der Waals surface area contributed by atoms with E-state index in [4.69, 9.17) is 9.94 Å². The maximum Gasteiger partial charge on any atom is 0.316 e. The molecule has 0 aliphatic carbocycles. The van der Waals surface area contributed by atoms with Crippen molar-refractivity contribution >= 4 is 18.6 Å². The Labute approximate surface area is 154 Å². The molecule has 0 spiro atoms. The van der Waals surface area contributed by atoms with E-state index in [0.717, 1.165) is 32.5 Å². The van der Waals surface area contributed by atoms with Gasteiger partial charge in [-0.25, -0.2) is 9.97 Å². The van der Waals surface area contributed by atoms with E-state index in [9.17, 15) is 0 Å². The predicted molar refractivity (Wildman–Crippen MR) is 98.6 cm³/mol. The first-order valence-corrected chi connectivity index (χ1v) is 8.22. The largest absolute Gasteiger partial charge is 0.463 e. The smallest absolute Gasteiger partial charge is 0.316 e. The van der Waals surface area contributed by atoms with Gasteiger partial charge in [0.2, 0.25) is 0 Å². The number of nitrogens with zero attached hydrogens (tertiary/aromatic N) is 4. The van der Waals surface area contributed by atoms with Gasteiger partial charge >= 0.3 is 6.01 Å². The normalized spacial score (nSPS) is 15.8. The van der Waals surface area contributed by atoms with Crippen LogP contribution in [0, 0.1) is 5.92 Å². The van der Waals surface area contributed by atoms with Gasteiger partial charge in [0.1, 0.15) is 0 Å². The molecule has 1 saturated heterocycles. The fourth-order valence-corrected chi connectivity index (χ4v) is 2.88. The number of rotatable bonds is 6. The Morgan fingerprint density at radius 3 is 2.48 bits per heavy atom. The minimum Gasteiger partial charge on any atom is -0.463 e. The topological polar surface area (TPSA) is 70.8 Å². The number of aromatic nitrogens is 2. The highest BCUT2D eigenvalue weighted by Crippen LogP contribution is 2.19. The van der Waals surface area contributed by atoms with E-state index in [1.165, 1.54) is 11.8 Å². The quantitative estimate of drug-likeness (QED) is 0.486. The first kappa shape index (κ1) is 19.1. The number of halogens is 1. The first-order chi connectivity index (χ1) is 11.8. The van der Waals surface area contributed by atoms with Crippen molar-refractivity contribution in [3.05, 3.63) is 53.9 Å². The van der Waals surface area contributed by atoms with Crippen LogP contribution >= 0.6 is 12.4 Å². The van der Waals surface area contributed by atoms with Gasteiger partial charge in [-0.15, -0.1) is 12.4 Å². The van der Waals surface area contributed by atoms with Crippen molar-refractivity contribution in [2.24, 2.45) is 11.1 Å². The molecule has 7 heteroatoms. The van der Waals surface area contributed by atoms with Crippen LogP contribution in [-0.2, 0) is 6.54 Å². The van der Waals surface area contributed by atoms with Gasteiger partial charge in [-0.3, -0.25) is 4.90 Å². The summed E-state index contributed by atoms with van der Waals surface area (Å²) in [6, 6.07) is 11.0. The zero-order chi connectivity index (χ0) is 16.6. The number of likely N-dealkylation sites (tertiary alicyclic amines) is 1. The minimum absolute atomic E-state index is 0. The average molecular weight is 363 g/mol. The number of benzene rings is 1. The van der Waals surface area contributed by atoms with Crippen LogP contribution in [0.15, 0.2) is 47.9 Å². The van der Waals surface area contributed by atoms with Crippen molar-refractivity contribution in [1.29, 1.82) is 0 Å². The van der Waals surface area contributed by atoms with Crippen molar-refractivity contribution < 1.29 is 9.94 Å². The molecule has 0 amide bonds. The lowest BCUT2D eigenvalue weighted by atomic mass is 9.97. The van der Waals surface area contributed by atoms with Gasteiger partial charge in [0.05, 0.1) is 12.8 Å². The zero-order valence-corrected chi connectivity index (χ0v) is 14.8. The molecule has 0 unspecified atom stereocenters.